The summed E-state index contributed by atoms with van der Waals surface area (Å²) in [4.78, 5) is 3.69. The third-order valence-electron chi connectivity index (χ3n) is 0.851. The largest absolute Gasteiger partial charge is 0.265 e. The molecule has 0 saturated heterocycles. The molecule has 0 spiro atoms. The van der Waals surface area contributed by atoms with Crippen LogP contribution in [0.15, 0.2) is 41.6 Å². The lowest BCUT2D eigenvalue weighted by Gasteiger charge is -1.84. The van der Waals surface area contributed by atoms with Crippen molar-refractivity contribution in [1.82, 2.24) is 0 Å². The van der Waals surface area contributed by atoms with Crippen LogP contribution in [0.25, 0.3) is 0 Å². The average molecular weight is 121 g/mol. The Morgan fingerprint density at radius 2 is 2.22 bits per heavy atom. The van der Waals surface area contributed by atoms with Crippen LogP contribution in [-0.2, 0) is 0 Å². The molecule has 0 unspecified atom stereocenters. The maximum Gasteiger partial charge on any atom is 0.0616 e. The predicted molar refractivity (Wildman–Crippen MR) is 42.6 cm³/mol. The zero-order valence-electron chi connectivity index (χ0n) is 5.67. The molecule has 0 aliphatic heterocycles. The molecule has 9 heavy (non-hydrogen) atoms. The van der Waals surface area contributed by atoms with E-state index in [0.29, 0.717) is 0 Å². The van der Waals surface area contributed by atoms with Gasteiger partial charge in [-0.15, -0.1) is 0 Å². The Bertz CT molecular complexity index is 142. The van der Waals surface area contributed by atoms with Gasteiger partial charge in [-0.2, -0.15) is 0 Å². The first kappa shape index (κ1) is 7.89. The smallest absolute Gasteiger partial charge is 0.0616 e. The summed E-state index contributed by atoms with van der Waals surface area (Å²) in [5.41, 5.74) is 0.799. The van der Waals surface area contributed by atoms with Crippen molar-refractivity contribution in [3.63, 3.8) is 0 Å². The highest BCUT2D eigenvalue weighted by molar-refractivity contribution is 5.34. The molecule has 0 aliphatic rings. The average Bonchev–Trinajstić information content (AvgIpc) is 1.91. The van der Waals surface area contributed by atoms with E-state index in [-0.39, 0.29) is 0 Å². The Kier molecular flexibility index (Phi) is 4.41. The summed E-state index contributed by atoms with van der Waals surface area (Å²) < 4.78 is 0. The van der Waals surface area contributed by atoms with Crippen LogP contribution < -0.4 is 0 Å². The van der Waals surface area contributed by atoms with E-state index in [9.17, 15) is 0 Å². The Labute approximate surface area is 56.1 Å². The van der Waals surface area contributed by atoms with Gasteiger partial charge >= 0.3 is 0 Å². The quantitative estimate of drug-likeness (QED) is 0.401. The number of nitrogens with zero attached hydrogens (tertiary/aromatic N) is 1. The number of rotatable bonds is 3. The van der Waals surface area contributed by atoms with Gasteiger partial charge in [0.15, 0.2) is 0 Å². The molecule has 1 nitrogen and oxygen atoms in total. The molecule has 0 N–H and O–H groups in total. The number of hydrogen-bond donors (Lipinski definition) is 0. The highest BCUT2D eigenvalue weighted by Crippen LogP contribution is 1.95. The van der Waals surface area contributed by atoms with Crippen LogP contribution in [-0.4, -0.2) is 6.72 Å². The summed E-state index contributed by atoms with van der Waals surface area (Å²) in [5, 5.41) is 0. The van der Waals surface area contributed by atoms with E-state index in [1.807, 2.05) is 25.2 Å². The first-order chi connectivity index (χ1) is 4.35. The number of allylic oxidation sites excluding steroid dienone is 4. The topological polar surface area (TPSA) is 12.4 Å². The van der Waals surface area contributed by atoms with E-state index >= 15 is 0 Å². The van der Waals surface area contributed by atoms with E-state index in [4.69, 9.17) is 0 Å². The fourth-order valence-corrected chi connectivity index (χ4v) is 0.380. The van der Waals surface area contributed by atoms with E-state index in [0.717, 1.165) is 5.70 Å². The molecule has 0 aromatic carbocycles. The maximum atomic E-state index is 3.69. The fourth-order valence-electron chi connectivity index (χ4n) is 0.380. The van der Waals surface area contributed by atoms with Gasteiger partial charge in [-0.25, -0.2) is 0 Å². The zero-order valence-corrected chi connectivity index (χ0v) is 5.67. The summed E-state index contributed by atoms with van der Waals surface area (Å²) in [6.45, 7) is 8.85. The second kappa shape index (κ2) is 5.04. The minimum Gasteiger partial charge on any atom is -0.265 e. The first-order valence-electron chi connectivity index (χ1n) is 2.77. The van der Waals surface area contributed by atoms with E-state index in [1.54, 1.807) is 6.08 Å². The van der Waals surface area contributed by atoms with E-state index in [2.05, 4.69) is 18.3 Å². The molecule has 0 aromatic rings. The van der Waals surface area contributed by atoms with Gasteiger partial charge in [-0.05, 0) is 25.8 Å². The first-order valence-corrected chi connectivity index (χ1v) is 2.77. The van der Waals surface area contributed by atoms with E-state index < -0.39 is 0 Å². The van der Waals surface area contributed by atoms with Crippen LogP contribution in [0.4, 0.5) is 0 Å². The Morgan fingerprint density at radius 1 is 1.56 bits per heavy atom. The van der Waals surface area contributed by atoms with Crippen LogP contribution in [0.2, 0.25) is 0 Å². The molecule has 0 atom stereocenters. The van der Waals surface area contributed by atoms with Crippen LogP contribution in [0, 0.1) is 0 Å². The molecule has 0 bridgehead atoms. The Morgan fingerprint density at radius 3 is 2.56 bits per heavy atom. The minimum absolute atomic E-state index is 0.799. The zero-order chi connectivity index (χ0) is 7.11. The second-order valence-electron chi connectivity index (χ2n) is 1.48. The van der Waals surface area contributed by atoms with Crippen molar-refractivity contribution in [2.45, 2.75) is 6.92 Å². The lowest BCUT2D eigenvalue weighted by Crippen LogP contribution is -1.64. The summed E-state index contributed by atoms with van der Waals surface area (Å²) in [7, 11) is 0. The highest BCUT2D eigenvalue weighted by atomic mass is 14.7. The van der Waals surface area contributed by atoms with Crippen molar-refractivity contribution >= 4 is 6.72 Å². The summed E-state index contributed by atoms with van der Waals surface area (Å²) >= 11 is 0. The van der Waals surface area contributed by atoms with Gasteiger partial charge in [-0.1, -0.05) is 18.7 Å². The molecule has 0 fully saturated rings. The molecular weight excluding hydrogens is 110 g/mol. The van der Waals surface area contributed by atoms with Crippen molar-refractivity contribution in [1.29, 1.82) is 0 Å². The van der Waals surface area contributed by atoms with Crippen LogP contribution >= 0.6 is 0 Å². The van der Waals surface area contributed by atoms with Crippen molar-refractivity contribution < 1.29 is 0 Å². The van der Waals surface area contributed by atoms with Gasteiger partial charge < -0.3 is 0 Å². The highest BCUT2D eigenvalue weighted by Gasteiger charge is 1.76. The lowest BCUT2D eigenvalue weighted by molar-refractivity contribution is 1.44. The number of hydrogen-bond acceptors (Lipinski definition) is 1. The molecule has 48 valence electrons. The molecule has 1 heteroatoms. The standard InChI is InChI=1S/C8H11N/c1-4-6-7-8(5-2)9-3/h4-7H,2-3H2,1H3/b6-4-,8-7+. The predicted octanol–water partition coefficient (Wildman–Crippen LogP) is 2.33. The Hall–Kier alpha value is -1.11. The van der Waals surface area contributed by atoms with E-state index in [1.165, 1.54) is 0 Å². The van der Waals surface area contributed by atoms with Crippen molar-refractivity contribution in [2.24, 2.45) is 4.99 Å². The number of aliphatic imine (C=N–C) groups is 1. The van der Waals surface area contributed by atoms with Crippen molar-refractivity contribution in [2.75, 3.05) is 0 Å². The van der Waals surface area contributed by atoms with Gasteiger partial charge in [0.2, 0.25) is 0 Å². The second-order valence-corrected chi connectivity index (χ2v) is 1.48. The van der Waals surface area contributed by atoms with Gasteiger partial charge in [-0.3, -0.25) is 4.99 Å². The van der Waals surface area contributed by atoms with Crippen LogP contribution in [0.3, 0.4) is 0 Å². The summed E-state index contributed by atoms with van der Waals surface area (Å²) in [6.07, 6.45) is 7.33. The van der Waals surface area contributed by atoms with Gasteiger partial charge in [0.25, 0.3) is 0 Å². The molecule has 0 aromatic heterocycles. The third kappa shape index (κ3) is 3.47. The molecule has 0 saturated carbocycles. The monoisotopic (exact) mass is 121 g/mol. The van der Waals surface area contributed by atoms with Gasteiger partial charge in [0.1, 0.15) is 0 Å². The molecule has 0 radical (unpaired) electrons. The third-order valence-corrected chi connectivity index (χ3v) is 0.851. The lowest BCUT2D eigenvalue weighted by atomic mass is 10.4. The fraction of sp³-hybridized carbons (Fsp3) is 0.125. The summed E-state index contributed by atoms with van der Waals surface area (Å²) in [6, 6.07) is 0. The maximum absolute atomic E-state index is 3.69. The van der Waals surface area contributed by atoms with Crippen molar-refractivity contribution in [3.05, 3.63) is 36.6 Å². The summed E-state index contributed by atoms with van der Waals surface area (Å²) in [5.74, 6) is 0. The van der Waals surface area contributed by atoms with Crippen LogP contribution in [0.1, 0.15) is 6.92 Å². The molecule has 0 amide bonds. The van der Waals surface area contributed by atoms with Crippen molar-refractivity contribution in [3.8, 4) is 0 Å². The molecule has 0 rings (SSSR count). The van der Waals surface area contributed by atoms with Gasteiger partial charge in [0.05, 0.1) is 5.70 Å². The Balaban J connectivity index is 4.06. The molecule has 0 aliphatic carbocycles. The minimum atomic E-state index is 0.799. The SMILES string of the molecule is C=C/C(=C\C=C/C)N=C. The van der Waals surface area contributed by atoms with Crippen LogP contribution in [0.5, 0.6) is 0 Å². The normalized spacial score (nSPS) is 11.9. The molecule has 0 heterocycles. The molecular formula is C8H11N. The van der Waals surface area contributed by atoms with Gasteiger partial charge in [0, 0.05) is 0 Å².